The zero-order chi connectivity index (χ0) is 18.6. The highest BCUT2D eigenvalue weighted by molar-refractivity contribution is 7.17. The Kier molecular flexibility index (Phi) is 5.32. The van der Waals surface area contributed by atoms with Gasteiger partial charge in [-0.25, -0.2) is 0 Å². The van der Waals surface area contributed by atoms with E-state index >= 15 is 0 Å². The number of ketones is 1. The summed E-state index contributed by atoms with van der Waals surface area (Å²) in [6, 6.07) is 16.4. The van der Waals surface area contributed by atoms with Crippen LogP contribution in [0.4, 0.5) is 0 Å². The maximum Gasteiger partial charge on any atom is 0.220 e. The van der Waals surface area contributed by atoms with Gasteiger partial charge in [0.1, 0.15) is 0 Å². The molecule has 1 aromatic heterocycles. The Morgan fingerprint density at radius 1 is 1.07 bits per heavy atom. The lowest BCUT2D eigenvalue weighted by Crippen LogP contribution is -2.38. The summed E-state index contributed by atoms with van der Waals surface area (Å²) in [5, 5.41) is 9.32. The minimum absolute atomic E-state index is 0.0312. The number of nitrogens with one attached hydrogen (secondary N) is 2. The van der Waals surface area contributed by atoms with Crippen molar-refractivity contribution in [2.75, 3.05) is 13.1 Å². The van der Waals surface area contributed by atoms with Crippen molar-refractivity contribution in [1.29, 1.82) is 0 Å². The zero-order valence-electron chi connectivity index (χ0n) is 15.0. The number of fused-ring (bicyclic) bond motifs is 2. The van der Waals surface area contributed by atoms with E-state index in [-0.39, 0.29) is 30.6 Å². The van der Waals surface area contributed by atoms with Crippen LogP contribution in [0, 0.1) is 0 Å². The van der Waals surface area contributed by atoms with Crippen LogP contribution in [0.1, 0.15) is 40.4 Å². The highest BCUT2D eigenvalue weighted by atomic mass is 32.1. The van der Waals surface area contributed by atoms with Gasteiger partial charge in [0, 0.05) is 46.5 Å². The van der Waals surface area contributed by atoms with Gasteiger partial charge < -0.3 is 10.6 Å². The molecular weight excluding hydrogens is 356 g/mol. The van der Waals surface area contributed by atoms with Gasteiger partial charge >= 0.3 is 0 Å². The first-order chi connectivity index (χ1) is 13.2. The van der Waals surface area contributed by atoms with Crippen molar-refractivity contribution in [3.8, 4) is 0 Å². The topological polar surface area (TPSA) is 58.2 Å². The van der Waals surface area contributed by atoms with Gasteiger partial charge in [-0.05, 0) is 30.2 Å². The van der Waals surface area contributed by atoms with Crippen LogP contribution >= 0.6 is 11.3 Å². The summed E-state index contributed by atoms with van der Waals surface area (Å²) in [6.07, 6.45) is 1.47. The lowest BCUT2D eigenvalue weighted by molar-refractivity contribution is -0.121. The molecule has 0 aliphatic carbocycles. The van der Waals surface area contributed by atoms with E-state index in [2.05, 4.69) is 28.8 Å². The maximum atomic E-state index is 12.5. The Morgan fingerprint density at radius 2 is 1.89 bits per heavy atom. The molecule has 5 heteroatoms. The molecule has 2 aromatic carbocycles. The predicted octanol–water partition coefficient (Wildman–Crippen LogP) is 3.87. The summed E-state index contributed by atoms with van der Waals surface area (Å²) in [6.45, 7) is 1.46. The molecule has 1 unspecified atom stereocenters. The molecule has 2 N–H and O–H groups in total. The standard InChI is InChI=1S/C22H22N2O2S/c25-20(18-14-27-21-8-4-3-7-17(18)21)9-10-22(26)24-13-19-16-6-2-1-5-15(16)11-12-23-19/h1-8,14,19,23H,9-13H2,(H,24,26). The normalized spacial score (nSPS) is 16.1. The molecule has 1 aliphatic heterocycles. The Morgan fingerprint density at radius 3 is 2.81 bits per heavy atom. The minimum Gasteiger partial charge on any atom is -0.354 e. The largest absolute Gasteiger partial charge is 0.354 e. The maximum absolute atomic E-state index is 12.5. The first-order valence-corrected chi connectivity index (χ1v) is 10.2. The smallest absolute Gasteiger partial charge is 0.220 e. The van der Waals surface area contributed by atoms with Crippen molar-refractivity contribution < 1.29 is 9.59 Å². The van der Waals surface area contributed by atoms with Crippen molar-refractivity contribution >= 4 is 33.1 Å². The van der Waals surface area contributed by atoms with E-state index in [1.807, 2.05) is 35.7 Å². The number of Topliss-reactive ketones (excluding diaryl/α,β-unsaturated/α-hetero) is 1. The molecule has 0 saturated heterocycles. The third-order valence-corrected chi connectivity index (χ3v) is 6.04. The molecule has 0 spiro atoms. The minimum atomic E-state index is -0.0762. The van der Waals surface area contributed by atoms with Gasteiger partial charge in [0.25, 0.3) is 0 Å². The summed E-state index contributed by atoms with van der Waals surface area (Å²) >= 11 is 1.57. The molecule has 27 heavy (non-hydrogen) atoms. The van der Waals surface area contributed by atoms with E-state index in [9.17, 15) is 9.59 Å². The van der Waals surface area contributed by atoms with Crippen LogP contribution in [-0.4, -0.2) is 24.8 Å². The van der Waals surface area contributed by atoms with Crippen LogP contribution in [0.3, 0.4) is 0 Å². The number of rotatable bonds is 6. The Hall–Kier alpha value is -2.50. The summed E-state index contributed by atoms with van der Waals surface area (Å²) < 4.78 is 1.10. The van der Waals surface area contributed by atoms with Crippen molar-refractivity contribution in [2.24, 2.45) is 0 Å². The van der Waals surface area contributed by atoms with E-state index in [1.165, 1.54) is 11.1 Å². The molecule has 1 atom stereocenters. The van der Waals surface area contributed by atoms with Crippen LogP contribution in [0.5, 0.6) is 0 Å². The van der Waals surface area contributed by atoms with Gasteiger partial charge in [-0.3, -0.25) is 9.59 Å². The molecule has 4 nitrogen and oxygen atoms in total. The van der Waals surface area contributed by atoms with Gasteiger partial charge in [-0.2, -0.15) is 0 Å². The average molecular weight is 378 g/mol. The number of hydrogen-bond donors (Lipinski definition) is 2. The molecule has 0 saturated carbocycles. The SMILES string of the molecule is O=C(CCC(=O)c1csc2ccccc12)NCC1NCCc2ccccc21. The van der Waals surface area contributed by atoms with Gasteiger partial charge in [0.2, 0.25) is 5.91 Å². The number of carbonyl (C=O) groups excluding carboxylic acids is 2. The second-order valence-corrected chi connectivity index (χ2v) is 7.74. The quantitative estimate of drug-likeness (QED) is 0.640. The van der Waals surface area contributed by atoms with Crippen molar-refractivity contribution in [3.05, 3.63) is 70.6 Å². The van der Waals surface area contributed by atoms with Gasteiger partial charge in [0.05, 0.1) is 0 Å². The molecular formula is C22H22N2O2S. The van der Waals surface area contributed by atoms with Crippen molar-refractivity contribution in [1.82, 2.24) is 10.6 Å². The highest BCUT2D eigenvalue weighted by Crippen LogP contribution is 2.27. The highest BCUT2D eigenvalue weighted by Gasteiger charge is 2.20. The van der Waals surface area contributed by atoms with Crippen LogP contribution in [0.2, 0.25) is 0 Å². The van der Waals surface area contributed by atoms with E-state index in [4.69, 9.17) is 0 Å². The monoisotopic (exact) mass is 378 g/mol. The molecule has 138 valence electrons. The fraction of sp³-hybridized carbons (Fsp3) is 0.273. The van der Waals surface area contributed by atoms with Gasteiger partial charge in [0.15, 0.2) is 5.78 Å². The Balaban J connectivity index is 1.31. The fourth-order valence-electron chi connectivity index (χ4n) is 3.63. The van der Waals surface area contributed by atoms with Crippen LogP contribution in [0.15, 0.2) is 53.9 Å². The van der Waals surface area contributed by atoms with Crippen LogP contribution in [-0.2, 0) is 11.2 Å². The summed E-state index contributed by atoms with van der Waals surface area (Å²) in [5.41, 5.74) is 3.33. The van der Waals surface area contributed by atoms with Crippen molar-refractivity contribution in [3.63, 3.8) is 0 Å². The Bertz CT molecular complexity index is 979. The predicted molar refractivity (Wildman–Crippen MR) is 109 cm³/mol. The van der Waals surface area contributed by atoms with E-state index in [0.717, 1.165) is 28.6 Å². The molecule has 1 amide bonds. The molecule has 4 rings (SSSR count). The van der Waals surface area contributed by atoms with E-state index < -0.39 is 0 Å². The number of benzene rings is 2. The average Bonchev–Trinajstić information content (AvgIpc) is 3.14. The lowest BCUT2D eigenvalue weighted by Gasteiger charge is -2.27. The van der Waals surface area contributed by atoms with Gasteiger partial charge in [-0.15, -0.1) is 11.3 Å². The van der Waals surface area contributed by atoms with Crippen molar-refractivity contribution in [2.45, 2.75) is 25.3 Å². The molecule has 0 fully saturated rings. The zero-order valence-corrected chi connectivity index (χ0v) is 15.9. The second kappa shape index (κ2) is 8.03. The molecule has 1 aliphatic rings. The first kappa shape index (κ1) is 17.9. The second-order valence-electron chi connectivity index (χ2n) is 6.83. The van der Waals surface area contributed by atoms with E-state index in [1.54, 1.807) is 11.3 Å². The third kappa shape index (κ3) is 3.94. The molecule has 0 radical (unpaired) electrons. The summed E-state index contributed by atoms with van der Waals surface area (Å²) in [4.78, 5) is 24.8. The molecule has 3 aromatic rings. The van der Waals surface area contributed by atoms with Crippen LogP contribution < -0.4 is 10.6 Å². The number of carbonyl (C=O) groups is 2. The first-order valence-electron chi connectivity index (χ1n) is 9.29. The third-order valence-electron chi connectivity index (χ3n) is 5.08. The number of amides is 1. The molecule has 0 bridgehead atoms. The summed E-state index contributed by atoms with van der Waals surface area (Å²) in [5.74, 6) is -0.0449. The van der Waals surface area contributed by atoms with Crippen LogP contribution in [0.25, 0.3) is 10.1 Å². The summed E-state index contributed by atoms with van der Waals surface area (Å²) in [7, 11) is 0. The Labute approximate surface area is 162 Å². The molecule has 2 heterocycles. The van der Waals surface area contributed by atoms with Gasteiger partial charge in [-0.1, -0.05) is 42.5 Å². The van der Waals surface area contributed by atoms with E-state index in [0.29, 0.717) is 6.54 Å². The number of hydrogen-bond acceptors (Lipinski definition) is 4. The number of thiophene rings is 1. The lowest BCUT2D eigenvalue weighted by atomic mass is 9.94. The fourth-order valence-corrected chi connectivity index (χ4v) is 4.60.